The molecular weight excluding hydrogens is 410 g/mol. The molecule has 0 bridgehead atoms. The van der Waals surface area contributed by atoms with E-state index >= 15 is 0 Å². The van der Waals surface area contributed by atoms with Gasteiger partial charge in [0, 0.05) is 32.6 Å². The summed E-state index contributed by atoms with van der Waals surface area (Å²) >= 11 is 0. The van der Waals surface area contributed by atoms with Crippen LogP contribution in [0.3, 0.4) is 0 Å². The predicted octanol–water partition coefficient (Wildman–Crippen LogP) is 4.34. The highest BCUT2D eigenvalue weighted by Gasteiger charge is 2.22. The van der Waals surface area contributed by atoms with Crippen LogP contribution in [-0.2, 0) is 13.6 Å². The number of para-hydroxylation sites is 3. The van der Waals surface area contributed by atoms with Crippen molar-refractivity contribution in [2.75, 3.05) is 30.9 Å². The topological polar surface area (TPSA) is 70.9 Å². The van der Waals surface area contributed by atoms with E-state index in [-0.39, 0.29) is 0 Å². The van der Waals surface area contributed by atoms with Gasteiger partial charge in [-0.2, -0.15) is 4.98 Å². The fourth-order valence-electron chi connectivity index (χ4n) is 4.90. The van der Waals surface area contributed by atoms with Gasteiger partial charge in [0.2, 0.25) is 5.95 Å². The normalized spacial score (nSPS) is 18.6. The second-order valence-electron chi connectivity index (χ2n) is 9.35. The summed E-state index contributed by atoms with van der Waals surface area (Å²) in [7, 11) is 6.16. The number of anilines is 2. The van der Waals surface area contributed by atoms with Crippen LogP contribution in [0.2, 0.25) is 0 Å². The molecule has 0 radical (unpaired) electrons. The lowest BCUT2D eigenvalue weighted by molar-refractivity contribution is 0.322. The van der Waals surface area contributed by atoms with Crippen LogP contribution in [0.15, 0.2) is 48.5 Å². The van der Waals surface area contributed by atoms with Gasteiger partial charge in [0.25, 0.3) is 0 Å². The molecule has 1 aliphatic rings. The van der Waals surface area contributed by atoms with Crippen molar-refractivity contribution < 1.29 is 0 Å². The molecule has 1 saturated carbocycles. The zero-order chi connectivity index (χ0) is 22.8. The van der Waals surface area contributed by atoms with Crippen molar-refractivity contribution in [3.8, 4) is 0 Å². The van der Waals surface area contributed by atoms with E-state index in [0.29, 0.717) is 12.0 Å². The number of fused-ring (bicyclic) bond motifs is 2. The van der Waals surface area contributed by atoms with Crippen LogP contribution >= 0.6 is 0 Å². The maximum Gasteiger partial charge on any atom is 0.225 e. The number of nitrogens with one attached hydrogen (secondary N) is 2. The molecule has 0 unspecified atom stereocenters. The molecule has 1 fully saturated rings. The Labute approximate surface area is 195 Å². The number of aromatic nitrogens is 4. The molecule has 33 heavy (non-hydrogen) atoms. The van der Waals surface area contributed by atoms with Crippen molar-refractivity contribution >= 4 is 33.7 Å². The minimum atomic E-state index is 0.428. The fourth-order valence-corrected chi connectivity index (χ4v) is 4.90. The number of nitrogens with zero attached hydrogens (tertiary/aromatic N) is 5. The van der Waals surface area contributed by atoms with Crippen molar-refractivity contribution in [1.82, 2.24) is 24.8 Å². The van der Waals surface area contributed by atoms with Crippen molar-refractivity contribution in [2.24, 2.45) is 13.0 Å². The first-order chi connectivity index (χ1) is 16.1. The maximum atomic E-state index is 4.80. The first kappa shape index (κ1) is 21.6. The maximum absolute atomic E-state index is 4.80. The summed E-state index contributed by atoms with van der Waals surface area (Å²) in [5.41, 5.74) is 3.24. The van der Waals surface area contributed by atoms with Gasteiger partial charge in [-0.1, -0.05) is 24.3 Å². The highest BCUT2D eigenvalue weighted by molar-refractivity contribution is 5.90. The summed E-state index contributed by atoms with van der Waals surface area (Å²) in [5.74, 6) is 3.49. The minimum absolute atomic E-state index is 0.428. The largest absolute Gasteiger partial charge is 0.362 e. The number of hydrogen-bond acceptors (Lipinski definition) is 6. The first-order valence-corrected chi connectivity index (χ1v) is 11.9. The Hall–Kier alpha value is -3.19. The van der Waals surface area contributed by atoms with Crippen molar-refractivity contribution in [1.29, 1.82) is 0 Å². The van der Waals surface area contributed by atoms with E-state index < -0.39 is 0 Å². The van der Waals surface area contributed by atoms with E-state index in [1.807, 2.05) is 32.3 Å². The molecule has 5 rings (SSSR count). The van der Waals surface area contributed by atoms with Crippen LogP contribution in [-0.4, -0.2) is 46.2 Å². The smallest absolute Gasteiger partial charge is 0.225 e. The van der Waals surface area contributed by atoms with Crippen LogP contribution in [0, 0.1) is 5.92 Å². The molecule has 2 heterocycles. The van der Waals surface area contributed by atoms with Gasteiger partial charge in [-0.3, -0.25) is 0 Å². The molecule has 0 amide bonds. The van der Waals surface area contributed by atoms with Gasteiger partial charge in [-0.05, 0) is 62.4 Å². The summed E-state index contributed by atoms with van der Waals surface area (Å²) in [6, 6.07) is 17.0. The summed E-state index contributed by atoms with van der Waals surface area (Å²) in [4.78, 5) is 16.4. The van der Waals surface area contributed by atoms with Crippen molar-refractivity contribution in [3.05, 3.63) is 54.4 Å². The van der Waals surface area contributed by atoms with E-state index in [9.17, 15) is 0 Å². The highest BCUT2D eigenvalue weighted by Crippen LogP contribution is 2.28. The van der Waals surface area contributed by atoms with Gasteiger partial charge in [0.05, 0.1) is 23.1 Å². The van der Waals surface area contributed by atoms with Crippen LogP contribution in [0.25, 0.3) is 21.9 Å². The molecule has 0 spiro atoms. The molecule has 172 valence electrons. The molecule has 4 aromatic rings. The Balaban J connectivity index is 1.14. The third kappa shape index (κ3) is 4.64. The van der Waals surface area contributed by atoms with Crippen molar-refractivity contribution in [3.63, 3.8) is 0 Å². The number of aryl methyl sites for hydroxylation is 1. The third-order valence-electron chi connectivity index (χ3n) is 6.78. The van der Waals surface area contributed by atoms with E-state index in [1.54, 1.807) is 0 Å². The summed E-state index contributed by atoms with van der Waals surface area (Å²) < 4.78 is 2.19. The van der Waals surface area contributed by atoms with Crippen LogP contribution in [0.1, 0.15) is 31.5 Å². The SMILES string of the molecule is CN(C)c1nc(NC2CCC(CNCc3nc4ccccc4n3C)CC2)nc2ccccc12. The molecule has 7 heteroatoms. The Morgan fingerprint density at radius 3 is 2.39 bits per heavy atom. The molecule has 2 aromatic heterocycles. The van der Waals surface area contributed by atoms with Gasteiger partial charge in [-0.25, -0.2) is 9.97 Å². The monoisotopic (exact) mass is 443 g/mol. The minimum Gasteiger partial charge on any atom is -0.362 e. The number of imidazole rings is 1. The van der Waals surface area contributed by atoms with Gasteiger partial charge >= 0.3 is 0 Å². The molecule has 2 aromatic carbocycles. The fraction of sp³-hybridized carbons (Fsp3) is 0.423. The molecular formula is C26H33N7. The second kappa shape index (κ2) is 9.35. The van der Waals surface area contributed by atoms with E-state index in [2.05, 4.69) is 57.5 Å². The Kier molecular flexibility index (Phi) is 6.13. The number of rotatable bonds is 7. The van der Waals surface area contributed by atoms with Crippen LogP contribution < -0.4 is 15.5 Å². The quantitative estimate of drug-likeness (QED) is 0.443. The first-order valence-electron chi connectivity index (χ1n) is 11.9. The second-order valence-corrected chi connectivity index (χ2v) is 9.35. The lowest BCUT2D eigenvalue weighted by Gasteiger charge is -2.29. The number of benzene rings is 2. The third-order valence-corrected chi connectivity index (χ3v) is 6.78. The molecule has 7 nitrogen and oxygen atoms in total. The average Bonchev–Trinajstić information content (AvgIpc) is 3.15. The van der Waals surface area contributed by atoms with E-state index in [1.165, 1.54) is 18.4 Å². The molecule has 2 N–H and O–H groups in total. The van der Waals surface area contributed by atoms with Gasteiger partial charge in [0.1, 0.15) is 11.6 Å². The van der Waals surface area contributed by atoms with Crippen LogP contribution in [0.4, 0.5) is 11.8 Å². The van der Waals surface area contributed by atoms with E-state index in [4.69, 9.17) is 15.0 Å². The number of hydrogen-bond donors (Lipinski definition) is 2. The molecule has 0 aliphatic heterocycles. The van der Waals surface area contributed by atoms with Gasteiger partial charge in [0.15, 0.2) is 0 Å². The molecule has 1 aliphatic carbocycles. The molecule has 0 atom stereocenters. The summed E-state index contributed by atoms with van der Waals surface area (Å²) in [5, 5.41) is 8.34. The zero-order valence-corrected chi connectivity index (χ0v) is 19.8. The Bertz CT molecular complexity index is 1240. The van der Waals surface area contributed by atoms with Gasteiger partial charge < -0.3 is 20.1 Å². The zero-order valence-electron chi connectivity index (χ0n) is 19.8. The molecule has 0 saturated heterocycles. The lowest BCUT2D eigenvalue weighted by atomic mass is 9.86. The van der Waals surface area contributed by atoms with E-state index in [0.717, 1.165) is 59.9 Å². The average molecular weight is 444 g/mol. The highest BCUT2D eigenvalue weighted by atomic mass is 15.2. The van der Waals surface area contributed by atoms with Gasteiger partial charge in [-0.15, -0.1) is 0 Å². The van der Waals surface area contributed by atoms with Crippen LogP contribution in [0.5, 0.6) is 0 Å². The standard InChI is InChI=1S/C26H33N7/c1-32(2)25-20-8-4-5-9-21(20)30-26(31-25)28-19-14-12-18(13-15-19)16-27-17-24-29-22-10-6-7-11-23(22)33(24)3/h4-11,18-19,27H,12-17H2,1-3H3,(H,28,30,31). The predicted molar refractivity (Wildman–Crippen MR) is 136 cm³/mol. The summed E-state index contributed by atoms with van der Waals surface area (Å²) in [6.45, 7) is 1.84. The summed E-state index contributed by atoms with van der Waals surface area (Å²) in [6.07, 6.45) is 4.71. The Morgan fingerprint density at radius 2 is 1.64 bits per heavy atom. The lowest BCUT2D eigenvalue weighted by Crippen LogP contribution is -2.32. The van der Waals surface area contributed by atoms with Crippen molar-refractivity contribution in [2.45, 2.75) is 38.3 Å². The Morgan fingerprint density at radius 1 is 0.909 bits per heavy atom.